The summed E-state index contributed by atoms with van der Waals surface area (Å²) in [5.74, 6) is 4.97. The average Bonchev–Trinajstić information content (AvgIpc) is 3.57. The van der Waals surface area contributed by atoms with Crippen molar-refractivity contribution in [3.8, 4) is 0 Å². The molecule has 0 N–H and O–H groups in total. The lowest BCUT2D eigenvalue weighted by Gasteiger charge is -2.34. The summed E-state index contributed by atoms with van der Waals surface area (Å²) in [6.07, 6.45) is 26.9. The highest BCUT2D eigenvalue weighted by atomic mass is 15.3. The Bertz CT molecular complexity index is 3480. The van der Waals surface area contributed by atoms with Crippen molar-refractivity contribution in [1.29, 1.82) is 0 Å². The summed E-state index contributed by atoms with van der Waals surface area (Å²) in [6, 6.07) is 13.0. The molecule has 12 rings (SSSR count). The summed E-state index contributed by atoms with van der Waals surface area (Å²) >= 11 is 0. The first-order valence-corrected chi connectivity index (χ1v) is 24.2. The van der Waals surface area contributed by atoms with Crippen LogP contribution in [0.15, 0.2) is 137 Å². The standard InChI is InChI=1S/C56H46N20/c1-31-15-57-23-65-49(31)73(50-32(2)16-58-24-66-50)43-13-44(74(51-33(3)17-59-25-67-51)52-34(4)18-60-26-68-52)40-11-12-42-46(76(55-37(7)21-63-29-71-55)56-38(8)22-64-30-72-56)14-45(41-10-9-39(43)47(40)48(41)42)75(53-35(5)19-61-27-69-53)54-36(6)20-62-28-70-54/h9-30H,1-8H3. The minimum absolute atomic E-state index is 0.622. The van der Waals surface area contributed by atoms with E-state index in [2.05, 4.69) is 95.9 Å². The van der Waals surface area contributed by atoms with Gasteiger partial charge in [0.05, 0.1) is 22.7 Å². The van der Waals surface area contributed by atoms with Crippen LogP contribution >= 0.6 is 0 Å². The van der Waals surface area contributed by atoms with Crippen LogP contribution in [0.3, 0.4) is 0 Å². The predicted molar refractivity (Wildman–Crippen MR) is 291 cm³/mol. The molecule has 8 aromatic heterocycles. The number of anilines is 12. The summed E-state index contributed by atoms with van der Waals surface area (Å²) in [4.78, 5) is 83.7. The second-order valence-corrected chi connectivity index (χ2v) is 18.5. The summed E-state index contributed by atoms with van der Waals surface area (Å²) in [5, 5.41) is 5.30. The highest BCUT2D eigenvalue weighted by Gasteiger charge is 2.33. The summed E-state index contributed by atoms with van der Waals surface area (Å²) in [6.45, 7) is 15.9. The van der Waals surface area contributed by atoms with Crippen LogP contribution in [0.1, 0.15) is 44.5 Å². The molecule has 0 aliphatic carbocycles. The molecule has 76 heavy (non-hydrogen) atoms. The Morgan fingerprint density at radius 2 is 0.395 bits per heavy atom. The third kappa shape index (κ3) is 7.77. The zero-order valence-corrected chi connectivity index (χ0v) is 42.6. The monoisotopic (exact) mass is 998 g/mol. The smallest absolute Gasteiger partial charge is 0.145 e. The maximum atomic E-state index is 4.98. The fourth-order valence-electron chi connectivity index (χ4n) is 9.99. The third-order valence-corrected chi connectivity index (χ3v) is 13.4. The number of rotatable bonds is 12. The maximum Gasteiger partial charge on any atom is 0.145 e. The number of hydrogen-bond acceptors (Lipinski definition) is 20. The summed E-state index contributed by atoms with van der Waals surface area (Å²) in [5.41, 5.74) is 9.56. The van der Waals surface area contributed by atoms with Crippen molar-refractivity contribution in [2.24, 2.45) is 0 Å². The van der Waals surface area contributed by atoms with Gasteiger partial charge in [0.15, 0.2) is 0 Å². The van der Waals surface area contributed by atoms with E-state index >= 15 is 0 Å². The Kier molecular flexibility index (Phi) is 11.7. The normalized spacial score (nSPS) is 11.4. The minimum Gasteiger partial charge on any atom is -0.278 e. The third-order valence-electron chi connectivity index (χ3n) is 13.4. The molecule has 0 atom stereocenters. The topological polar surface area (TPSA) is 219 Å². The maximum absolute atomic E-state index is 4.98. The van der Waals surface area contributed by atoms with Gasteiger partial charge in [-0.25, -0.2) is 79.7 Å². The number of hydrogen-bond donors (Lipinski definition) is 0. The first kappa shape index (κ1) is 46.8. The fourth-order valence-corrected chi connectivity index (χ4v) is 9.99. The molecule has 0 spiro atoms. The van der Waals surface area contributed by atoms with E-state index in [9.17, 15) is 0 Å². The Balaban J connectivity index is 1.33. The van der Waals surface area contributed by atoms with Crippen molar-refractivity contribution in [3.05, 3.63) is 181 Å². The van der Waals surface area contributed by atoms with Gasteiger partial charge in [0.1, 0.15) is 97.2 Å². The lowest BCUT2D eigenvalue weighted by molar-refractivity contribution is 1.02. The molecule has 4 aromatic carbocycles. The quantitative estimate of drug-likeness (QED) is 0.104. The first-order valence-electron chi connectivity index (χ1n) is 24.2. The van der Waals surface area contributed by atoms with Crippen molar-refractivity contribution in [3.63, 3.8) is 0 Å². The fraction of sp³-hybridized carbons (Fsp3) is 0.143. The lowest BCUT2D eigenvalue weighted by Crippen LogP contribution is -2.20. The number of aromatic nitrogens is 16. The zero-order chi connectivity index (χ0) is 52.2. The van der Waals surface area contributed by atoms with Crippen molar-refractivity contribution >= 4 is 102 Å². The van der Waals surface area contributed by atoms with E-state index < -0.39 is 0 Å². The zero-order valence-electron chi connectivity index (χ0n) is 42.6. The number of nitrogens with zero attached hydrogens (tertiary/aromatic N) is 20. The van der Waals surface area contributed by atoms with Gasteiger partial charge >= 0.3 is 0 Å². The van der Waals surface area contributed by atoms with Gasteiger partial charge in [-0.05, 0) is 67.5 Å². The van der Waals surface area contributed by atoms with Gasteiger partial charge in [-0.15, -0.1) is 0 Å². The molecule has 20 nitrogen and oxygen atoms in total. The molecular formula is C56H46N20. The molecule has 0 saturated heterocycles. The predicted octanol–water partition coefficient (Wildman–Crippen LogP) is 11.3. The van der Waals surface area contributed by atoms with Crippen LogP contribution in [0, 0.1) is 55.4 Å². The van der Waals surface area contributed by atoms with E-state index in [0.717, 1.165) is 99.6 Å². The van der Waals surface area contributed by atoms with Gasteiger partial charge in [-0.1, -0.05) is 24.3 Å². The summed E-state index contributed by atoms with van der Waals surface area (Å²) in [7, 11) is 0. The molecule has 0 radical (unpaired) electrons. The van der Waals surface area contributed by atoms with Crippen LogP contribution < -0.4 is 19.6 Å². The van der Waals surface area contributed by atoms with Gasteiger partial charge in [-0.2, -0.15) is 0 Å². The summed E-state index contributed by atoms with van der Waals surface area (Å²) < 4.78 is 0. The van der Waals surface area contributed by atoms with Crippen LogP contribution in [0.4, 0.5) is 69.3 Å². The first-order chi connectivity index (χ1) is 37.1. The molecule has 0 unspecified atom stereocenters. The number of benzene rings is 4. The highest BCUT2D eigenvalue weighted by Crippen LogP contribution is 2.55. The van der Waals surface area contributed by atoms with Crippen LogP contribution in [-0.2, 0) is 0 Å². The molecule has 0 saturated carbocycles. The van der Waals surface area contributed by atoms with Crippen LogP contribution in [-0.4, -0.2) is 79.7 Å². The Labute approximate surface area is 435 Å². The van der Waals surface area contributed by atoms with Crippen LogP contribution in [0.2, 0.25) is 0 Å². The van der Waals surface area contributed by atoms with Gasteiger partial charge in [0, 0.05) is 126 Å². The van der Waals surface area contributed by atoms with E-state index in [1.807, 2.05) is 55.4 Å². The Hall–Kier alpha value is -10.2. The van der Waals surface area contributed by atoms with E-state index in [0.29, 0.717) is 46.5 Å². The number of aryl methyl sites for hydroxylation is 8. The molecular weight excluding hydrogens is 953 g/mol. The van der Waals surface area contributed by atoms with Gasteiger partial charge in [-0.3, -0.25) is 19.6 Å². The second-order valence-electron chi connectivity index (χ2n) is 18.5. The van der Waals surface area contributed by atoms with Gasteiger partial charge in [0.2, 0.25) is 0 Å². The van der Waals surface area contributed by atoms with E-state index in [1.165, 1.54) is 0 Å². The molecule has 8 heterocycles. The molecule has 0 bridgehead atoms. The largest absolute Gasteiger partial charge is 0.278 e. The van der Waals surface area contributed by atoms with E-state index in [1.54, 1.807) is 100 Å². The molecule has 0 amide bonds. The van der Waals surface area contributed by atoms with Crippen molar-refractivity contribution in [2.45, 2.75) is 55.4 Å². The average molecular weight is 999 g/mol. The minimum atomic E-state index is 0.622. The molecule has 0 aliphatic rings. The van der Waals surface area contributed by atoms with Crippen LogP contribution in [0.5, 0.6) is 0 Å². The van der Waals surface area contributed by atoms with E-state index in [-0.39, 0.29) is 0 Å². The molecule has 0 fully saturated rings. The lowest BCUT2D eigenvalue weighted by atomic mass is 9.89. The Morgan fingerprint density at radius 3 is 0.539 bits per heavy atom. The molecule has 370 valence electrons. The van der Waals surface area contributed by atoms with Crippen molar-refractivity contribution in [2.75, 3.05) is 19.6 Å². The van der Waals surface area contributed by atoms with E-state index in [4.69, 9.17) is 39.9 Å². The highest BCUT2D eigenvalue weighted by molar-refractivity contribution is 6.33. The van der Waals surface area contributed by atoms with Gasteiger partial charge in [0.25, 0.3) is 0 Å². The van der Waals surface area contributed by atoms with Crippen LogP contribution in [0.25, 0.3) is 32.3 Å². The SMILES string of the molecule is Cc1cncnc1N(c1ncncc1C)c1cc(N(c2ncncc2C)c2ncncc2C)c2ccc3c(N(c4ncncc4C)c4ncncc4C)cc(N(c4ncncc4C)c4ncncc4C)c4ccc1c2c43. The second kappa shape index (κ2) is 19.0. The molecule has 20 heteroatoms. The van der Waals surface area contributed by atoms with Crippen molar-refractivity contribution < 1.29 is 0 Å². The Morgan fingerprint density at radius 1 is 0.237 bits per heavy atom. The van der Waals surface area contributed by atoms with Crippen molar-refractivity contribution in [1.82, 2.24) is 79.7 Å². The molecule has 0 aliphatic heterocycles. The van der Waals surface area contributed by atoms with Gasteiger partial charge < -0.3 is 0 Å². The molecule has 12 aromatic rings.